The lowest BCUT2D eigenvalue weighted by Gasteiger charge is -2.37. The maximum atomic E-state index is 13.7. The van der Waals surface area contributed by atoms with Gasteiger partial charge >= 0.3 is 0 Å². The molecule has 0 aromatic heterocycles. The van der Waals surface area contributed by atoms with Crippen molar-refractivity contribution < 1.29 is 13.9 Å². The molecule has 1 saturated heterocycles. The SMILES string of the molecule is C=C(/C=C\C=C/C)CSC(=C\CC)/C(C#N)=C(\C(C#N)=C(/C)N1CC(F)C1)c1ccc(OCCOC)cc1. The predicted molar refractivity (Wildman–Crippen MR) is 155 cm³/mol. The zero-order chi connectivity index (χ0) is 27.9. The highest BCUT2D eigenvalue weighted by atomic mass is 32.2. The molecule has 0 spiro atoms. The highest BCUT2D eigenvalue weighted by Crippen LogP contribution is 2.38. The Labute approximate surface area is 230 Å². The largest absolute Gasteiger partial charge is 0.491 e. The molecule has 1 aliphatic heterocycles. The summed E-state index contributed by atoms with van der Waals surface area (Å²) in [5.74, 6) is 1.25. The molecule has 0 radical (unpaired) electrons. The zero-order valence-corrected chi connectivity index (χ0v) is 23.5. The summed E-state index contributed by atoms with van der Waals surface area (Å²) >= 11 is 1.51. The van der Waals surface area contributed by atoms with E-state index >= 15 is 0 Å². The van der Waals surface area contributed by atoms with Crippen LogP contribution in [0.25, 0.3) is 5.57 Å². The smallest absolute Gasteiger partial charge is 0.135 e. The van der Waals surface area contributed by atoms with Crippen molar-refractivity contribution in [2.45, 2.75) is 33.4 Å². The van der Waals surface area contributed by atoms with E-state index in [-0.39, 0.29) is 13.1 Å². The molecule has 7 heteroatoms. The van der Waals surface area contributed by atoms with Crippen molar-refractivity contribution in [1.29, 1.82) is 10.5 Å². The number of likely N-dealkylation sites (tertiary alicyclic amines) is 1. The number of nitriles is 2. The number of halogens is 1. The van der Waals surface area contributed by atoms with Crippen LogP contribution in [0.1, 0.15) is 32.8 Å². The van der Waals surface area contributed by atoms with Crippen LogP contribution in [0.5, 0.6) is 5.75 Å². The standard InChI is InChI=1S/C31H36FN3O2S/c1-6-8-9-11-23(3)22-38-30(10-7-2)29(19-34)31(28(18-33)24(4)35-20-26(32)21-35)25-12-14-27(15-13-25)37-17-16-36-5/h6,8-15,26H,3,7,16-17,20-22H2,1-2,4-5H3/b8-6-,11-9-,28-24+,30-10-,31-29-. The van der Waals surface area contributed by atoms with Crippen LogP contribution in [-0.2, 0) is 4.74 Å². The van der Waals surface area contributed by atoms with Crippen LogP contribution in [0.4, 0.5) is 4.39 Å². The molecule has 0 unspecified atom stereocenters. The summed E-state index contributed by atoms with van der Waals surface area (Å²) in [4.78, 5) is 2.61. The normalized spacial score (nSPS) is 15.6. The number of alkyl halides is 1. The van der Waals surface area contributed by atoms with Crippen LogP contribution < -0.4 is 4.74 Å². The number of methoxy groups -OCH3 is 1. The van der Waals surface area contributed by atoms with Gasteiger partial charge in [0.1, 0.15) is 30.7 Å². The Hall–Kier alpha value is -3.52. The number of rotatable bonds is 14. The van der Waals surface area contributed by atoms with E-state index in [1.54, 1.807) is 7.11 Å². The molecule has 1 aromatic rings. The summed E-state index contributed by atoms with van der Waals surface area (Å²) in [5.41, 5.74) is 3.57. The zero-order valence-electron chi connectivity index (χ0n) is 22.7. The van der Waals surface area contributed by atoms with Crippen LogP contribution in [0.3, 0.4) is 0 Å². The maximum absolute atomic E-state index is 13.7. The number of benzene rings is 1. The van der Waals surface area contributed by atoms with E-state index in [2.05, 4.69) is 18.7 Å². The molecule has 1 aromatic carbocycles. The van der Waals surface area contributed by atoms with Crippen molar-refractivity contribution in [1.82, 2.24) is 4.90 Å². The molecule has 0 atom stereocenters. The van der Waals surface area contributed by atoms with Crippen molar-refractivity contribution in [3.05, 3.63) is 94.1 Å². The van der Waals surface area contributed by atoms with Crippen LogP contribution >= 0.6 is 11.8 Å². The van der Waals surface area contributed by atoms with E-state index in [4.69, 9.17) is 9.47 Å². The lowest BCUT2D eigenvalue weighted by Crippen LogP contribution is -2.47. The number of nitrogens with zero attached hydrogens (tertiary/aromatic N) is 3. The van der Waals surface area contributed by atoms with Gasteiger partial charge in [0.25, 0.3) is 0 Å². The maximum Gasteiger partial charge on any atom is 0.135 e. The van der Waals surface area contributed by atoms with Crippen LogP contribution in [0.15, 0.2) is 88.5 Å². The fourth-order valence-corrected chi connectivity index (χ4v) is 4.74. The van der Waals surface area contributed by atoms with Crippen molar-refractivity contribution in [3.63, 3.8) is 0 Å². The summed E-state index contributed by atoms with van der Waals surface area (Å²) in [7, 11) is 1.61. The molecule has 38 heavy (non-hydrogen) atoms. The summed E-state index contributed by atoms with van der Waals surface area (Å²) in [6.45, 7) is 11.2. The first-order valence-corrected chi connectivity index (χ1v) is 13.6. The van der Waals surface area contributed by atoms with Gasteiger partial charge < -0.3 is 14.4 Å². The Morgan fingerprint density at radius 1 is 1.16 bits per heavy atom. The predicted octanol–water partition coefficient (Wildman–Crippen LogP) is 7.16. The van der Waals surface area contributed by atoms with Gasteiger partial charge in [0.15, 0.2) is 0 Å². The topological polar surface area (TPSA) is 69.3 Å². The van der Waals surface area contributed by atoms with Crippen LogP contribution in [-0.4, -0.2) is 50.2 Å². The second-order valence-corrected chi connectivity index (χ2v) is 9.63. The third-order valence-corrected chi connectivity index (χ3v) is 6.98. The average molecular weight is 534 g/mol. The summed E-state index contributed by atoms with van der Waals surface area (Å²) < 4.78 is 24.4. The Morgan fingerprint density at radius 2 is 1.84 bits per heavy atom. The van der Waals surface area contributed by atoms with Gasteiger partial charge in [-0.05, 0) is 43.5 Å². The van der Waals surface area contributed by atoms with Crippen molar-refractivity contribution in [2.75, 3.05) is 39.2 Å². The number of allylic oxidation sites excluding steroid dienone is 9. The molecular formula is C31H36FN3O2S. The minimum Gasteiger partial charge on any atom is -0.491 e. The van der Waals surface area contributed by atoms with Crippen LogP contribution in [0, 0.1) is 22.7 Å². The highest BCUT2D eigenvalue weighted by molar-refractivity contribution is 8.03. The quantitative estimate of drug-likeness (QED) is 0.144. The van der Waals surface area contributed by atoms with Gasteiger partial charge in [-0.15, -0.1) is 11.8 Å². The lowest BCUT2D eigenvalue weighted by atomic mass is 9.91. The molecule has 1 aliphatic rings. The third kappa shape index (κ3) is 8.80. The second kappa shape index (κ2) is 16.3. The van der Waals surface area contributed by atoms with Gasteiger partial charge in [-0.25, -0.2) is 4.39 Å². The minimum absolute atomic E-state index is 0.239. The summed E-state index contributed by atoms with van der Waals surface area (Å²) in [5, 5.41) is 20.7. The molecule has 1 heterocycles. The molecule has 0 amide bonds. The lowest BCUT2D eigenvalue weighted by molar-refractivity contribution is 0.0980. The average Bonchev–Trinajstić information content (AvgIpc) is 2.90. The molecule has 0 bridgehead atoms. The fraction of sp³-hybridized carbons (Fsp3) is 0.355. The first-order chi connectivity index (χ1) is 18.4. The number of ether oxygens (including phenoxy) is 2. The van der Waals surface area contributed by atoms with E-state index in [1.165, 1.54) is 11.8 Å². The minimum atomic E-state index is -0.913. The third-order valence-electron chi connectivity index (χ3n) is 5.78. The molecule has 0 aliphatic carbocycles. The van der Waals surface area contributed by atoms with E-state index < -0.39 is 6.17 Å². The first-order valence-electron chi connectivity index (χ1n) is 12.6. The van der Waals surface area contributed by atoms with Gasteiger partial charge in [0, 0.05) is 29.0 Å². The van der Waals surface area contributed by atoms with E-state index in [0.717, 1.165) is 10.5 Å². The molecule has 200 valence electrons. The van der Waals surface area contributed by atoms with Gasteiger partial charge in [0.2, 0.25) is 0 Å². The van der Waals surface area contributed by atoms with Crippen molar-refractivity contribution in [2.24, 2.45) is 0 Å². The number of hydrogen-bond donors (Lipinski definition) is 0. The number of thioether (sulfide) groups is 1. The summed E-state index contributed by atoms with van der Waals surface area (Å²) in [6.07, 6.45) is 9.55. The monoisotopic (exact) mass is 533 g/mol. The van der Waals surface area contributed by atoms with Gasteiger partial charge in [0.05, 0.1) is 30.8 Å². The van der Waals surface area contributed by atoms with Crippen molar-refractivity contribution in [3.8, 4) is 17.9 Å². The highest BCUT2D eigenvalue weighted by Gasteiger charge is 2.30. The Balaban J connectivity index is 2.60. The molecule has 5 nitrogen and oxygen atoms in total. The number of hydrogen-bond acceptors (Lipinski definition) is 6. The Kier molecular flexibility index (Phi) is 13.2. The first kappa shape index (κ1) is 30.7. The molecule has 1 fully saturated rings. The second-order valence-electron chi connectivity index (χ2n) is 8.61. The van der Waals surface area contributed by atoms with Gasteiger partial charge in [-0.3, -0.25) is 0 Å². The van der Waals surface area contributed by atoms with E-state index in [0.29, 0.717) is 59.1 Å². The molecule has 0 N–H and O–H groups in total. The van der Waals surface area contributed by atoms with Gasteiger partial charge in [-0.2, -0.15) is 10.5 Å². The van der Waals surface area contributed by atoms with Gasteiger partial charge in [-0.1, -0.05) is 56.0 Å². The Morgan fingerprint density at radius 3 is 2.39 bits per heavy atom. The Bertz CT molecular complexity index is 1190. The van der Waals surface area contributed by atoms with E-state index in [1.807, 2.05) is 80.3 Å². The molecular weight excluding hydrogens is 497 g/mol. The fourth-order valence-electron chi connectivity index (χ4n) is 3.72. The summed E-state index contributed by atoms with van der Waals surface area (Å²) in [6, 6.07) is 12.0. The van der Waals surface area contributed by atoms with Crippen molar-refractivity contribution >= 4 is 17.3 Å². The molecule has 2 rings (SSSR count). The van der Waals surface area contributed by atoms with E-state index in [9.17, 15) is 14.9 Å². The molecule has 0 saturated carbocycles. The van der Waals surface area contributed by atoms with Crippen LogP contribution in [0.2, 0.25) is 0 Å².